The Kier molecular flexibility index (Phi) is 3.28. The zero-order valence-electron chi connectivity index (χ0n) is 10.3. The van der Waals surface area contributed by atoms with E-state index in [0.29, 0.717) is 0 Å². The number of esters is 2. The van der Waals surface area contributed by atoms with Gasteiger partial charge in [0.05, 0.1) is 18.1 Å². The normalized spacial score (nSPS) is 19.3. The number of aliphatic imine (C=N–C) groups is 1. The van der Waals surface area contributed by atoms with Gasteiger partial charge in [-0.05, 0) is 0 Å². The van der Waals surface area contributed by atoms with Crippen LogP contribution in [0, 0.1) is 11.7 Å². The highest BCUT2D eigenvalue weighted by atomic mass is 19.1. The van der Waals surface area contributed by atoms with E-state index in [1.807, 2.05) is 0 Å². The number of hydrogen-bond acceptors (Lipinski definition) is 6. The number of cyclic esters (lactones) is 2. The van der Waals surface area contributed by atoms with Gasteiger partial charge in [-0.1, -0.05) is 0 Å². The number of carbonyl (C=O) groups is 2. The summed E-state index contributed by atoms with van der Waals surface area (Å²) in [5.41, 5.74) is 0.186. The van der Waals surface area contributed by atoms with Crippen LogP contribution in [-0.4, -0.2) is 28.9 Å². The van der Waals surface area contributed by atoms with Crippen LogP contribution in [0.15, 0.2) is 23.5 Å². The summed E-state index contributed by atoms with van der Waals surface area (Å²) in [5.74, 6) is -4.61. The standard InChI is InChI=1S/C12H11FN2O4/c1-12(2)18-10(16)9(11(17)19-12)6-15-8-3-7(13)4-14-5-8/h3-6,9H,1-2H3. The molecule has 0 aliphatic carbocycles. The maximum atomic E-state index is 12.9. The van der Waals surface area contributed by atoms with Crippen molar-refractivity contribution < 1.29 is 23.5 Å². The van der Waals surface area contributed by atoms with Crippen LogP contribution < -0.4 is 0 Å². The lowest BCUT2D eigenvalue weighted by Gasteiger charge is -2.31. The Labute approximate surface area is 108 Å². The summed E-state index contributed by atoms with van der Waals surface area (Å²) >= 11 is 0. The fourth-order valence-electron chi connectivity index (χ4n) is 1.48. The van der Waals surface area contributed by atoms with Crippen molar-refractivity contribution in [1.82, 2.24) is 4.98 Å². The summed E-state index contributed by atoms with van der Waals surface area (Å²) in [6.45, 7) is 2.90. The van der Waals surface area contributed by atoms with Crippen molar-refractivity contribution in [3.63, 3.8) is 0 Å². The lowest BCUT2D eigenvalue weighted by Crippen LogP contribution is -2.46. The Bertz CT molecular complexity index is 536. The predicted molar refractivity (Wildman–Crippen MR) is 62.1 cm³/mol. The number of carbonyl (C=O) groups excluding carboxylic acids is 2. The summed E-state index contributed by atoms with van der Waals surface area (Å²) in [6.07, 6.45) is 3.37. The average Bonchev–Trinajstić information content (AvgIpc) is 2.26. The third-order valence-electron chi connectivity index (χ3n) is 2.26. The molecule has 0 aromatic carbocycles. The third kappa shape index (κ3) is 3.12. The molecule has 19 heavy (non-hydrogen) atoms. The van der Waals surface area contributed by atoms with Crippen molar-refractivity contribution in [2.24, 2.45) is 10.9 Å². The van der Waals surface area contributed by atoms with Gasteiger partial charge in [0, 0.05) is 26.1 Å². The quantitative estimate of drug-likeness (QED) is 0.459. The molecule has 1 aromatic rings. The van der Waals surface area contributed by atoms with Gasteiger partial charge in [-0.3, -0.25) is 19.6 Å². The lowest BCUT2D eigenvalue weighted by molar-refractivity contribution is -0.235. The highest BCUT2D eigenvalue weighted by Gasteiger charge is 2.42. The maximum absolute atomic E-state index is 12.9. The lowest BCUT2D eigenvalue weighted by atomic mass is 10.1. The second-order valence-electron chi connectivity index (χ2n) is 4.36. The fourth-order valence-corrected chi connectivity index (χ4v) is 1.48. The monoisotopic (exact) mass is 266 g/mol. The zero-order chi connectivity index (χ0) is 14.0. The van der Waals surface area contributed by atoms with E-state index in [0.717, 1.165) is 18.5 Å². The number of aromatic nitrogens is 1. The Morgan fingerprint density at radius 2 is 1.95 bits per heavy atom. The van der Waals surface area contributed by atoms with Gasteiger partial charge in [0.2, 0.25) is 0 Å². The van der Waals surface area contributed by atoms with Crippen LogP contribution in [0.2, 0.25) is 0 Å². The molecule has 1 saturated heterocycles. The van der Waals surface area contributed by atoms with Crippen molar-refractivity contribution in [2.75, 3.05) is 0 Å². The predicted octanol–water partition coefficient (Wildman–Crippen LogP) is 1.38. The van der Waals surface area contributed by atoms with Gasteiger partial charge in [-0.15, -0.1) is 0 Å². The summed E-state index contributed by atoms with van der Waals surface area (Å²) < 4.78 is 22.7. The molecule has 1 aromatic heterocycles. The van der Waals surface area contributed by atoms with Crippen LogP contribution in [0.5, 0.6) is 0 Å². The minimum Gasteiger partial charge on any atom is -0.422 e. The second-order valence-corrected chi connectivity index (χ2v) is 4.36. The average molecular weight is 266 g/mol. The first-order valence-corrected chi connectivity index (χ1v) is 5.48. The molecule has 0 unspecified atom stereocenters. The molecule has 100 valence electrons. The zero-order valence-corrected chi connectivity index (χ0v) is 10.3. The fraction of sp³-hybridized carbons (Fsp3) is 0.333. The largest absolute Gasteiger partial charge is 0.422 e. The maximum Gasteiger partial charge on any atom is 0.329 e. The van der Waals surface area contributed by atoms with Crippen LogP contribution in [0.4, 0.5) is 10.1 Å². The third-order valence-corrected chi connectivity index (χ3v) is 2.26. The van der Waals surface area contributed by atoms with E-state index in [-0.39, 0.29) is 5.69 Å². The van der Waals surface area contributed by atoms with E-state index in [4.69, 9.17) is 9.47 Å². The molecule has 7 heteroatoms. The van der Waals surface area contributed by atoms with Crippen molar-refractivity contribution in [2.45, 2.75) is 19.6 Å². The molecule has 6 nitrogen and oxygen atoms in total. The number of rotatable bonds is 2. The molecule has 0 bridgehead atoms. The first kappa shape index (κ1) is 13.1. The topological polar surface area (TPSA) is 77.9 Å². The van der Waals surface area contributed by atoms with Gasteiger partial charge in [0.15, 0.2) is 5.92 Å². The van der Waals surface area contributed by atoms with Crippen molar-refractivity contribution in [3.8, 4) is 0 Å². The number of hydrogen-bond donors (Lipinski definition) is 0. The molecule has 1 aliphatic heterocycles. The first-order chi connectivity index (χ1) is 8.87. The van der Waals surface area contributed by atoms with Crippen LogP contribution in [0.25, 0.3) is 0 Å². The van der Waals surface area contributed by atoms with Gasteiger partial charge in [-0.25, -0.2) is 4.39 Å². The van der Waals surface area contributed by atoms with Gasteiger partial charge < -0.3 is 9.47 Å². The molecule has 0 saturated carbocycles. The molecule has 2 rings (SSSR count). The van der Waals surface area contributed by atoms with Gasteiger partial charge in [-0.2, -0.15) is 0 Å². The Morgan fingerprint density at radius 3 is 2.53 bits per heavy atom. The summed E-state index contributed by atoms with van der Waals surface area (Å²) in [7, 11) is 0. The molecular weight excluding hydrogens is 255 g/mol. The van der Waals surface area contributed by atoms with Crippen molar-refractivity contribution in [1.29, 1.82) is 0 Å². The van der Waals surface area contributed by atoms with Gasteiger partial charge in [0.25, 0.3) is 5.79 Å². The molecule has 0 amide bonds. The van der Waals surface area contributed by atoms with Gasteiger partial charge >= 0.3 is 11.9 Å². The van der Waals surface area contributed by atoms with E-state index in [1.165, 1.54) is 20.0 Å². The highest BCUT2D eigenvalue weighted by Crippen LogP contribution is 2.22. The summed E-state index contributed by atoms with van der Waals surface area (Å²) in [4.78, 5) is 30.6. The van der Waals surface area contributed by atoms with E-state index < -0.39 is 29.5 Å². The summed E-state index contributed by atoms with van der Waals surface area (Å²) in [5, 5.41) is 0. The van der Waals surface area contributed by atoms with E-state index in [9.17, 15) is 14.0 Å². The first-order valence-electron chi connectivity index (χ1n) is 5.48. The minimum absolute atomic E-state index is 0.186. The van der Waals surface area contributed by atoms with E-state index in [2.05, 4.69) is 9.98 Å². The Morgan fingerprint density at radius 1 is 1.32 bits per heavy atom. The molecule has 1 fully saturated rings. The number of pyridine rings is 1. The molecule has 2 heterocycles. The second kappa shape index (κ2) is 4.75. The molecular formula is C12H11FN2O4. The van der Waals surface area contributed by atoms with Crippen LogP contribution in [0.1, 0.15) is 13.8 Å². The number of ether oxygens (including phenoxy) is 2. The summed E-state index contributed by atoms with van der Waals surface area (Å²) in [6, 6.07) is 1.12. The van der Waals surface area contributed by atoms with E-state index >= 15 is 0 Å². The minimum atomic E-state index is -1.28. The number of nitrogens with zero attached hydrogens (tertiary/aromatic N) is 2. The van der Waals surface area contributed by atoms with Crippen LogP contribution in [0.3, 0.4) is 0 Å². The molecule has 0 N–H and O–H groups in total. The van der Waals surface area contributed by atoms with E-state index in [1.54, 1.807) is 0 Å². The van der Waals surface area contributed by atoms with Gasteiger partial charge in [0.1, 0.15) is 5.82 Å². The van der Waals surface area contributed by atoms with Crippen molar-refractivity contribution >= 4 is 23.8 Å². The Balaban J connectivity index is 2.15. The van der Waals surface area contributed by atoms with Crippen molar-refractivity contribution in [3.05, 3.63) is 24.3 Å². The highest BCUT2D eigenvalue weighted by molar-refractivity contribution is 6.10. The SMILES string of the molecule is CC1(C)OC(=O)C(C=Nc2cncc(F)c2)C(=O)O1. The smallest absolute Gasteiger partial charge is 0.329 e. The van der Waals surface area contributed by atoms with Crippen LogP contribution in [-0.2, 0) is 19.1 Å². The number of halogens is 1. The molecule has 1 aliphatic rings. The molecule has 0 atom stereocenters. The molecule has 0 radical (unpaired) electrons. The Hall–Kier alpha value is -2.31. The molecule has 0 spiro atoms. The van der Waals surface area contributed by atoms with Crippen LogP contribution >= 0.6 is 0 Å².